The van der Waals surface area contributed by atoms with Gasteiger partial charge in [-0.3, -0.25) is 14.4 Å². The molecular formula is C69H120O6. The SMILES string of the molecule is CC/C=C\C/C=C\C/C=C\C/C=C\CCCCCCCCCCCCCCCCC(=O)OCC(COC(=O)CCCCCCC/C=C\CCCCC)OC(=O)CCCCCCCCC/C=C\C/C=C\CCCCCC. The zero-order chi connectivity index (χ0) is 54.3. The summed E-state index contributed by atoms with van der Waals surface area (Å²) in [7, 11) is 0. The van der Waals surface area contributed by atoms with Gasteiger partial charge in [-0.1, -0.05) is 266 Å². The largest absolute Gasteiger partial charge is 0.462 e. The summed E-state index contributed by atoms with van der Waals surface area (Å²) in [4.78, 5) is 38.3. The molecule has 0 saturated heterocycles. The number of rotatable bonds is 58. The molecule has 0 aliphatic carbocycles. The van der Waals surface area contributed by atoms with E-state index in [1.807, 2.05) is 0 Å². The predicted octanol–water partition coefficient (Wildman–Crippen LogP) is 21.9. The van der Waals surface area contributed by atoms with Gasteiger partial charge < -0.3 is 14.2 Å². The van der Waals surface area contributed by atoms with E-state index in [2.05, 4.69) is 106 Å². The van der Waals surface area contributed by atoms with Gasteiger partial charge in [0.1, 0.15) is 13.2 Å². The maximum atomic E-state index is 12.9. The van der Waals surface area contributed by atoms with Crippen LogP contribution in [-0.4, -0.2) is 37.2 Å². The van der Waals surface area contributed by atoms with E-state index in [-0.39, 0.29) is 31.1 Å². The lowest BCUT2D eigenvalue weighted by molar-refractivity contribution is -0.167. The van der Waals surface area contributed by atoms with Crippen molar-refractivity contribution in [2.75, 3.05) is 13.2 Å². The summed E-state index contributed by atoms with van der Waals surface area (Å²) in [5, 5.41) is 0. The van der Waals surface area contributed by atoms with E-state index in [1.54, 1.807) is 0 Å². The normalized spacial score (nSPS) is 12.6. The van der Waals surface area contributed by atoms with Crippen LogP contribution in [0.2, 0.25) is 0 Å². The molecule has 0 heterocycles. The van der Waals surface area contributed by atoms with E-state index < -0.39 is 6.10 Å². The van der Waals surface area contributed by atoms with Gasteiger partial charge in [0.05, 0.1) is 0 Å². The minimum Gasteiger partial charge on any atom is -0.462 e. The topological polar surface area (TPSA) is 78.9 Å². The Balaban J connectivity index is 4.26. The van der Waals surface area contributed by atoms with E-state index >= 15 is 0 Å². The third-order valence-electron chi connectivity index (χ3n) is 13.9. The third kappa shape index (κ3) is 61.3. The first-order valence-electron chi connectivity index (χ1n) is 32.1. The number of carbonyl (C=O) groups is 3. The van der Waals surface area contributed by atoms with Gasteiger partial charge in [-0.25, -0.2) is 0 Å². The lowest BCUT2D eigenvalue weighted by Crippen LogP contribution is -2.30. The van der Waals surface area contributed by atoms with E-state index in [0.717, 1.165) is 103 Å². The lowest BCUT2D eigenvalue weighted by atomic mass is 10.0. The average molecular weight is 1050 g/mol. The van der Waals surface area contributed by atoms with Gasteiger partial charge in [0.15, 0.2) is 6.10 Å². The quantitative estimate of drug-likeness (QED) is 0.0261. The zero-order valence-electron chi connectivity index (χ0n) is 49.6. The van der Waals surface area contributed by atoms with Crippen molar-refractivity contribution in [2.24, 2.45) is 0 Å². The van der Waals surface area contributed by atoms with E-state index in [9.17, 15) is 14.4 Å². The molecular weight excluding hydrogens is 925 g/mol. The second kappa shape index (κ2) is 63.1. The van der Waals surface area contributed by atoms with Gasteiger partial charge >= 0.3 is 17.9 Å². The maximum Gasteiger partial charge on any atom is 0.306 e. The number of hydrogen-bond acceptors (Lipinski definition) is 6. The summed E-state index contributed by atoms with van der Waals surface area (Å²) in [6.07, 6.45) is 83.0. The van der Waals surface area contributed by atoms with Gasteiger partial charge in [0, 0.05) is 19.3 Å². The number of allylic oxidation sites excluding steroid dienone is 14. The Morgan fingerprint density at radius 3 is 0.853 bits per heavy atom. The monoisotopic (exact) mass is 1040 g/mol. The first-order valence-corrected chi connectivity index (χ1v) is 32.1. The van der Waals surface area contributed by atoms with E-state index in [1.165, 1.54) is 173 Å². The van der Waals surface area contributed by atoms with Crippen molar-refractivity contribution >= 4 is 17.9 Å². The molecule has 0 N–H and O–H groups in total. The van der Waals surface area contributed by atoms with Crippen LogP contribution < -0.4 is 0 Å². The minimum absolute atomic E-state index is 0.0808. The molecule has 75 heavy (non-hydrogen) atoms. The highest BCUT2D eigenvalue weighted by Crippen LogP contribution is 2.16. The first-order chi connectivity index (χ1) is 37.0. The van der Waals surface area contributed by atoms with Crippen LogP contribution in [0.3, 0.4) is 0 Å². The van der Waals surface area contributed by atoms with Crippen LogP contribution >= 0.6 is 0 Å². The highest BCUT2D eigenvalue weighted by atomic mass is 16.6. The summed E-state index contributed by atoms with van der Waals surface area (Å²) < 4.78 is 16.9. The van der Waals surface area contributed by atoms with Crippen LogP contribution in [0.25, 0.3) is 0 Å². The fraction of sp³-hybridized carbons (Fsp3) is 0.754. The molecule has 1 atom stereocenters. The third-order valence-corrected chi connectivity index (χ3v) is 13.9. The molecule has 0 radical (unpaired) electrons. The summed E-state index contributed by atoms with van der Waals surface area (Å²) >= 11 is 0. The Kier molecular flexibility index (Phi) is 60.3. The van der Waals surface area contributed by atoms with Crippen LogP contribution in [0, 0.1) is 0 Å². The molecule has 0 rings (SSSR count). The number of hydrogen-bond donors (Lipinski definition) is 0. The molecule has 1 unspecified atom stereocenters. The van der Waals surface area contributed by atoms with Gasteiger partial charge in [0.25, 0.3) is 0 Å². The molecule has 0 amide bonds. The summed E-state index contributed by atoms with van der Waals surface area (Å²) in [5.74, 6) is -0.887. The van der Waals surface area contributed by atoms with Crippen LogP contribution in [0.5, 0.6) is 0 Å². The first kappa shape index (κ1) is 71.6. The Labute approximate surface area is 465 Å². The van der Waals surface area contributed by atoms with Gasteiger partial charge in [-0.2, -0.15) is 0 Å². The Morgan fingerprint density at radius 2 is 0.520 bits per heavy atom. The molecule has 432 valence electrons. The van der Waals surface area contributed by atoms with Gasteiger partial charge in [-0.05, 0) is 116 Å². The van der Waals surface area contributed by atoms with Crippen molar-refractivity contribution in [1.29, 1.82) is 0 Å². The van der Waals surface area contributed by atoms with Crippen molar-refractivity contribution in [3.63, 3.8) is 0 Å². The summed E-state index contributed by atoms with van der Waals surface area (Å²) in [6.45, 7) is 6.50. The fourth-order valence-electron chi connectivity index (χ4n) is 9.05. The van der Waals surface area contributed by atoms with E-state index in [0.29, 0.717) is 19.3 Å². The highest BCUT2D eigenvalue weighted by molar-refractivity contribution is 5.71. The van der Waals surface area contributed by atoms with Gasteiger partial charge in [-0.15, -0.1) is 0 Å². The minimum atomic E-state index is -0.784. The molecule has 0 aliphatic rings. The Bertz CT molecular complexity index is 1430. The second-order valence-electron chi connectivity index (χ2n) is 21.3. The number of unbranched alkanes of at least 4 members (excludes halogenated alkanes) is 33. The Hall–Kier alpha value is -3.41. The lowest BCUT2D eigenvalue weighted by Gasteiger charge is -2.18. The number of esters is 3. The summed E-state index contributed by atoms with van der Waals surface area (Å²) in [6, 6.07) is 0. The molecule has 0 spiro atoms. The molecule has 0 bridgehead atoms. The Morgan fingerprint density at radius 1 is 0.280 bits per heavy atom. The van der Waals surface area contributed by atoms with Crippen molar-refractivity contribution in [3.8, 4) is 0 Å². The van der Waals surface area contributed by atoms with Crippen LogP contribution in [0.15, 0.2) is 85.1 Å². The second-order valence-corrected chi connectivity index (χ2v) is 21.3. The maximum absolute atomic E-state index is 12.9. The molecule has 0 aromatic carbocycles. The summed E-state index contributed by atoms with van der Waals surface area (Å²) in [5.41, 5.74) is 0. The van der Waals surface area contributed by atoms with Crippen molar-refractivity contribution in [3.05, 3.63) is 85.1 Å². The van der Waals surface area contributed by atoms with Crippen molar-refractivity contribution < 1.29 is 28.6 Å². The highest BCUT2D eigenvalue weighted by Gasteiger charge is 2.19. The van der Waals surface area contributed by atoms with E-state index in [4.69, 9.17) is 14.2 Å². The van der Waals surface area contributed by atoms with Crippen molar-refractivity contribution in [2.45, 2.75) is 322 Å². The van der Waals surface area contributed by atoms with Gasteiger partial charge in [0.2, 0.25) is 0 Å². The van der Waals surface area contributed by atoms with Crippen LogP contribution in [-0.2, 0) is 28.6 Å². The molecule has 6 nitrogen and oxygen atoms in total. The molecule has 0 saturated carbocycles. The smallest absolute Gasteiger partial charge is 0.306 e. The van der Waals surface area contributed by atoms with Crippen LogP contribution in [0.1, 0.15) is 316 Å². The predicted molar refractivity (Wildman–Crippen MR) is 325 cm³/mol. The zero-order valence-corrected chi connectivity index (χ0v) is 49.6. The number of ether oxygens (including phenoxy) is 3. The van der Waals surface area contributed by atoms with Crippen molar-refractivity contribution in [1.82, 2.24) is 0 Å². The molecule has 0 aromatic rings. The fourth-order valence-corrected chi connectivity index (χ4v) is 9.05. The molecule has 0 aromatic heterocycles. The van der Waals surface area contributed by atoms with Crippen LogP contribution in [0.4, 0.5) is 0 Å². The standard InChI is InChI=1S/C69H120O6/c1-4-7-10-13-16-19-22-25-27-29-31-32-33-34-35-36-37-38-39-41-42-44-47-50-53-56-59-62-68(71)74-65-66(64-73-67(70)61-58-55-52-49-46-24-21-18-15-12-9-6-3)75-69(72)63-60-57-54-51-48-45-43-40-30-28-26-23-20-17-14-11-8-5-2/h7,10,16,18-21,23,25,27-28,30-32,66H,4-6,8-9,11-15,17,22,24,26,29,33-65H2,1-3H3/b10-7-,19-16-,21-18-,23-20-,27-25-,30-28-,32-31-. The number of carbonyl (C=O) groups excluding carboxylic acids is 3. The molecule has 6 heteroatoms. The molecule has 0 fully saturated rings. The molecule has 0 aliphatic heterocycles. The average Bonchev–Trinajstić information content (AvgIpc) is 3.41.